The molecule has 0 bridgehead atoms. The first kappa shape index (κ1) is 11.8. The minimum Gasteiger partial charge on any atom is -0.393 e. The molecule has 1 rings (SSSR count). The van der Waals surface area contributed by atoms with Crippen LogP contribution in [0.5, 0.6) is 0 Å². The molecule has 0 unspecified atom stereocenters. The smallest absolute Gasteiger partial charge is 0.184 e. The van der Waals surface area contributed by atoms with Gasteiger partial charge in [0.2, 0.25) is 0 Å². The maximum atomic E-state index is 9.41. The van der Waals surface area contributed by atoms with E-state index in [9.17, 15) is 10.2 Å². The van der Waals surface area contributed by atoms with E-state index in [1.165, 1.54) is 0 Å². The van der Waals surface area contributed by atoms with Crippen LogP contribution in [0.3, 0.4) is 0 Å². The normalized spacial score (nSPS) is 42.4. The Bertz CT molecular complexity index is 192. The molecule has 1 aliphatic heterocycles. The first-order valence-corrected chi connectivity index (χ1v) is 4.10. The van der Waals surface area contributed by atoms with Gasteiger partial charge in [-0.05, 0) is 0 Å². The molecule has 1 heterocycles. The number of rotatable bonds is 2. The van der Waals surface area contributed by atoms with E-state index >= 15 is 0 Å². The number of hydrogen-bond donors (Lipinski definition) is 6. The lowest BCUT2D eigenvalue weighted by Crippen LogP contribution is -2.67. The van der Waals surface area contributed by atoms with Gasteiger partial charge in [0, 0.05) is 0 Å². The Morgan fingerprint density at radius 2 is 1.43 bits per heavy atom. The molecule has 14 heavy (non-hydrogen) atoms. The molecule has 84 valence electrons. The Kier molecular flexibility index (Phi) is 3.43. The minimum atomic E-state index is -1.85. The summed E-state index contributed by atoms with van der Waals surface area (Å²) in [7, 11) is 0. The highest BCUT2D eigenvalue weighted by Gasteiger charge is 2.52. The Hall–Kier alpha value is -0.280. The van der Waals surface area contributed by atoms with Crippen LogP contribution in [0.2, 0.25) is 0 Å². The van der Waals surface area contributed by atoms with Crippen molar-refractivity contribution < 1.29 is 35.4 Å². The SMILES string of the molecule is OCC1(CO)O[C@H](O)[C@H](O)[C@@H](O)[C@H]1O. The Balaban J connectivity index is 2.88. The van der Waals surface area contributed by atoms with Gasteiger partial charge in [-0.25, -0.2) is 0 Å². The predicted octanol–water partition coefficient (Wildman–Crippen LogP) is -3.86. The summed E-state index contributed by atoms with van der Waals surface area (Å²) in [4.78, 5) is 0. The molecule has 1 saturated heterocycles. The van der Waals surface area contributed by atoms with Crippen LogP contribution in [0.4, 0.5) is 0 Å². The fraction of sp³-hybridized carbons (Fsp3) is 1.00. The lowest BCUT2D eigenvalue weighted by molar-refractivity contribution is -0.333. The van der Waals surface area contributed by atoms with Crippen molar-refractivity contribution in [3.05, 3.63) is 0 Å². The van der Waals surface area contributed by atoms with Crippen LogP contribution in [-0.4, -0.2) is 74.1 Å². The Morgan fingerprint density at radius 1 is 0.929 bits per heavy atom. The monoisotopic (exact) mass is 210 g/mol. The molecular weight excluding hydrogens is 196 g/mol. The van der Waals surface area contributed by atoms with E-state index in [4.69, 9.17) is 20.4 Å². The van der Waals surface area contributed by atoms with Gasteiger partial charge in [0.25, 0.3) is 0 Å². The zero-order valence-corrected chi connectivity index (χ0v) is 7.32. The van der Waals surface area contributed by atoms with Crippen molar-refractivity contribution in [1.82, 2.24) is 0 Å². The minimum absolute atomic E-state index is 0.786. The largest absolute Gasteiger partial charge is 0.393 e. The van der Waals surface area contributed by atoms with Gasteiger partial charge in [-0.3, -0.25) is 0 Å². The number of aliphatic hydroxyl groups excluding tert-OH is 6. The molecule has 0 aliphatic carbocycles. The molecule has 0 radical (unpaired) electrons. The summed E-state index contributed by atoms with van der Waals surface area (Å²) in [6.45, 7) is -1.57. The summed E-state index contributed by atoms with van der Waals surface area (Å²) in [5.41, 5.74) is -1.85. The van der Waals surface area contributed by atoms with Crippen molar-refractivity contribution in [2.75, 3.05) is 13.2 Å². The quantitative estimate of drug-likeness (QED) is 0.275. The van der Waals surface area contributed by atoms with Crippen LogP contribution in [0.15, 0.2) is 0 Å². The molecule has 7 heteroatoms. The third kappa shape index (κ3) is 1.63. The van der Waals surface area contributed by atoms with E-state index in [0.29, 0.717) is 0 Å². The van der Waals surface area contributed by atoms with Gasteiger partial charge in [0.1, 0.15) is 23.9 Å². The highest BCUT2D eigenvalue weighted by atomic mass is 16.7. The van der Waals surface area contributed by atoms with Crippen molar-refractivity contribution in [2.24, 2.45) is 0 Å². The molecule has 7 nitrogen and oxygen atoms in total. The second kappa shape index (κ2) is 4.07. The third-order valence-electron chi connectivity index (χ3n) is 2.40. The van der Waals surface area contributed by atoms with Crippen LogP contribution in [0.1, 0.15) is 0 Å². The fourth-order valence-corrected chi connectivity index (χ4v) is 1.36. The van der Waals surface area contributed by atoms with Crippen molar-refractivity contribution in [3.63, 3.8) is 0 Å². The summed E-state index contributed by atoms with van der Waals surface area (Å²) < 4.78 is 4.66. The van der Waals surface area contributed by atoms with Crippen molar-refractivity contribution in [2.45, 2.75) is 30.2 Å². The lowest BCUT2D eigenvalue weighted by atomic mass is 9.88. The van der Waals surface area contributed by atoms with Crippen LogP contribution in [-0.2, 0) is 4.74 Å². The molecule has 0 aromatic heterocycles. The molecule has 0 aromatic carbocycles. The average molecular weight is 210 g/mol. The molecule has 0 spiro atoms. The first-order valence-electron chi connectivity index (χ1n) is 4.10. The van der Waals surface area contributed by atoms with E-state index in [0.717, 1.165) is 0 Å². The molecule has 0 amide bonds. The Morgan fingerprint density at radius 3 is 1.86 bits per heavy atom. The van der Waals surface area contributed by atoms with E-state index in [2.05, 4.69) is 4.74 Å². The molecule has 1 aliphatic rings. The van der Waals surface area contributed by atoms with Gasteiger partial charge < -0.3 is 35.4 Å². The standard InChI is InChI=1S/C7H14O7/c8-1-7(2-9)5(12)3(10)4(11)6(13)14-7/h3-6,8-13H,1-2H2/t3-,4-,5-,6+/m1/s1. The van der Waals surface area contributed by atoms with E-state index in [1.54, 1.807) is 0 Å². The van der Waals surface area contributed by atoms with Crippen molar-refractivity contribution in [3.8, 4) is 0 Å². The van der Waals surface area contributed by atoms with E-state index < -0.39 is 43.4 Å². The predicted molar refractivity (Wildman–Crippen MR) is 42.0 cm³/mol. The maximum absolute atomic E-state index is 9.41. The number of hydrogen-bond acceptors (Lipinski definition) is 7. The second-order valence-corrected chi connectivity index (χ2v) is 3.32. The third-order valence-corrected chi connectivity index (χ3v) is 2.40. The summed E-state index contributed by atoms with van der Waals surface area (Å²) in [5.74, 6) is 0. The number of aliphatic hydroxyl groups is 6. The molecule has 0 aromatic rings. The molecule has 4 atom stereocenters. The Labute approximate surface area is 79.8 Å². The molecular formula is C7H14O7. The molecule has 0 saturated carbocycles. The van der Waals surface area contributed by atoms with Gasteiger partial charge >= 0.3 is 0 Å². The maximum Gasteiger partial charge on any atom is 0.184 e. The highest BCUT2D eigenvalue weighted by Crippen LogP contribution is 2.28. The zero-order valence-electron chi connectivity index (χ0n) is 7.32. The average Bonchev–Trinajstić information content (AvgIpc) is 2.21. The van der Waals surface area contributed by atoms with Gasteiger partial charge in [-0.1, -0.05) is 0 Å². The molecule has 6 N–H and O–H groups in total. The lowest BCUT2D eigenvalue weighted by Gasteiger charge is -2.45. The zero-order chi connectivity index (χ0) is 10.9. The van der Waals surface area contributed by atoms with Crippen molar-refractivity contribution >= 4 is 0 Å². The second-order valence-electron chi connectivity index (χ2n) is 3.32. The van der Waals surface area contributed by atoms with Crippen molar-refractivity contribution in [1.29, 1.82) is 0 Å². The topological polar surface area (TPSA) is 131 Å². The van der Waals surface area contributed by atoms with E-state index in [-0.39, 0.29) is 0 Å². The van der Waals surface area contributed by atoms with Crippen LogP contribution < -0.4 is 0 Å². The summed E-state index contributed by atoms with van der Waals surface area (Å²) in [6.07, 6.45) is -6.78. The van der Waals surface area contributed by atoms with E-state index in [1.807, 2.05) is 0 Å². The fourth-order valence-electron chi connectivity index (χ4n) is 1.36. The van der Waals surface area contributed by atoms with Crippen LogP contribution >= 0.6 is 0 Å². The van der Waals surface area contributed by atoms with Gasteiger partial charge in [0.15, 0.2) is 6.29 Å². The highest BCUT2D eigenvalue weighted by molar-refractivity contribution is 4.99. The van der Waals surface area contributed by atoms with Crippen LogP contribution in [0, 0.1) is 0 Å². The number of ether oxygens (including phenoxy) is 1. The van der Waals surface area contributed by atoms with Crippen LogP contribution in [0.25, 0.3) is 0 Å². The van der Waals surface area contributed by atoms with Gasteiger partial charge in [0.05, 0.1) is 13.2 Å². The summed E-state index contributed by atoms with van der Waals surface area (Å²) in [6, 6.07) is 0. The first-order chi connectivity index (χ1) is 6.48. The molecule has 1 fully saturated rings. The van der Waals surface area contributed by atoms with Gasteiger partial charge in [-0.2, -0.15) is 0 Å². The van der Waals surface area contributed by atoms with Gasteiger partial charge in [-0.15, -0.1) is 0 Å². The summed E-state index contributed by atoms with van der Waals surface area (Å²) >= 11 is 0. The summed E-state index contributed by atoms with van der Waals surface area (Å²) in [5, 5.41) is 54.6.